The Hall–Kier alpha value is 0.0569. The van der Waals surface area contributed by atoms with Gasteiger partial charge in [-0.15, -0.1) is 0 Å². The molecule has 0 atom stereocenters. The quantitative estimate of drug-likeness (QED) is 0.408. The third-order valence-corrected chi connectivity index (χ3v) is 3.99. The van der Waals surface area contributed by atoms with E-state index >= 15 is 0 Å². The third-order valence-electron chi connectivity index (χ3n) is 1.82. The summed E-state index contributed by atoms with van der Waals surface area (Å²) in [5.41, 5.74) is 5.39. The average molecular weight is 220 g/mol. The summed E-state index contributed by atoms with van der Waals surface area (Å²) >= 11 is 0. The van der Waals surface area contributed by atoms with Crippen LogP contribution in [0.5, 0.6) is 0 Å². The monoisotopic (exact) mass is 220 g/mol. The maximum atomic E-state index is 5.54. The summed E-state index contributed by atoms with van der Waals surface area (Å²) in [6.45, 7) is 8.29. The number of hydrogen-bond acceptors (Lipinski definition) is 4. The highest BCUT2D eigenvalue weighted by molar-refractivity contribution is 6.44. The molecule has 0 heterocycles. The molecule has 0 aromatic rings. The Morgan fingerprint density at radius 2 is 1.79 bits per heavy atom. The van der Waals surface area contributed by atoms with Crippen molar-refractivity contribution in [2.45, 2.75) is 26.3 Å². The van der Waals surface area contributed by atoms with Crippen LogP contribution in [-0.4, -0.2) is 42.1 Å². The zero-order valence-corrected chi connectivity index (χ0v) is 10.6. The fourth-order valence-corrected chi connectivity index (χ4v) is 2.77. The predicted molar refractivity (Wildman–Crippen MR) is 61.7 cm³/mol. The second-order valence-corrected chi connectivity index (χ2v) is 5.12. The largest absolute Gasteiger partial charge is 0.397 e. The van der Waals surface area contributed by atoms with E-state index in [1.165, 1.54) is 0 Å². The average Bonchev–Trinajstić information content (AvgIpc) is 2.18. The molecule has 0 fully saturated rings. The second-order valence-electron chi connectivity index (χ2n) is 3.02. The van der Waals surface area contributed by atoms with E-state index in [1.54, 1.807) is 0 Å². The molecule has 0 saturated heterocycles. The maximum Gasteiger partial charge on any atom is 0.322 e. The summed E-state index contributed by atoms with van der Waals surface area (Å²) in [6.07, 6.45) is 1.04. The molecule has 4 nitrogen and oxygen atoms in total. The predicted octanol–water partition coefficient (Wildman–Crippen LogP) is 0.218. The lowest BCUT2D eigenvalue weighted by Gasteiger charge is -2.14. The van der Waals surface area contributed by atoms with Gasteiger partial charge >= 0.3 is 9.28 Å². The van der Waals surface area contributed by atoms with Crippen molar-refractivity contribution in [3.63, 3.8) is 0 Å². The molecule has 14 heavy (non-hydrogen) atoms. The van der Waals surface area contributed by atoms with Gasteiger partial charge in [0, 0.05) is 19.3 Å². The van der Waals surface area contributed by atoms with Crippen molar-refractivity contribution < 1.29 is 8.85 Å². The molecule has 0 saturated carbocycles. The fourth-order valence-electron chi connectivity index (χ4n) is 1.16. The summed E-state index contributed by atoms with van der Waals surface area (Å²) in [5, 5.41) is 3.33. The van der Waals surface area contributed by atoms with E-state index in [9.17, 15) is 0 Å². The zero-order valence-electron chi connectivity index (χ0n) is 9.42. The molecule has 0 rings (SSSR count). The van der Waals surface area contributed by atoms with Crippen LogP contribution in [-0.2, 0) is 8.85 Å². The van der Waals surface area contributed by atoms with Crippen LogP contribution in [0.4, 0.5) is 0 Å². The molecule has 3 N–H and O–H groups in total. The first kappa shape index (κ1) is 14.1. The fraction of sp³-hybridized carbons (Fsp3) is 1.00. The molecule has 0 aromatic heterocycles. The van der Waals surface area contributed by atoms with Gasteiger partial charge in [-0.05, 0) is 39.9 Å². The van der Waals surface area contributed by atoms with Gasteiger partial charge in [0.05, 0.1) is 0 Å². The van der Waals surface area contributed by atoms with Crippen molar-refractivity contribution >= 4 is 9.28 Å². The van der Waals surface area contributed by atoms with Crippen LogP contribution in [0.25, 0.3) is 0 Å². The standard InChI is InChI=1S/C9H24N2O2Si/c1-3-12-14(13-4-2)9-8-11-7-5-6-10/h11,14H,3-10H2,1-2H3. The van der Waals surface area contributed by atoms with E-state index in [0.29, 0.717) is 0 Å². The van der Waals surface area contributed by atoms with Crippen LogP contribution in [0.3, 0.4) is 0 Å². The van der Waals surface area contributed by atoms with E-state index in [1.807, 2.05) is 13.8 Å². The molecule has 0 radical (unpaired) electrons. The molecule has 5 heteroatoms. The normalized spacial score (nSPS) is 11.1. The Kier molecular flexibility index (Phi) is 11.2. The summed E-state index contributed by atoms with van der Waals surface area (Å²) in [6, 6.07) is 1.03. The van der Waals surface area contributed by atoms with Crippen LogP contribution in [0.1, 0.15) is 20.3 Å². The molecule has 0 aromatic carbocycles. The van der Waals surface area contributed by atoms with Crippen LogP contribution < -0.4 is 11.1 Å². The van der Waals surface area contributed by atoms with Crippen LogP contribution in [0, 0.1) is 0 Å². The Morgan fingerprint density at radius 1 is 1.14 bits per heavy atom. The summed E-state index contributed by atoms with van der Waals surface area (Å²) in [7, 11) is -1.38. The lowest BCUT2D eigenvalue weighted by atomic mass is 10.4. The molecule has 0 unspecified atom stereocenters. The lowest BCUT2D eigenvalue weighted by molar-refractivity contribution is 0.213. The molecule has 0 aliphatic rings. The first-order valence-corrected chi connectivity index (χ1v) is 7.25. The van der Waals surface area contributed by atoms with E-state index in [0.717, 1.165) is 45.3 Å². The van der Waals surface area contributed by atoms with Crippen molar-refractivity contribution in [1.82, 2.24) is 5.32 Å². The first-order chi connectivity index (χ1) is 6.85. The van der Waals surface area contributed by atoms with Gasteiger partial charge < -0.3 is 19.9 Å². The summed E-state index contributed by atoms with van der Waals surface area (Å²) < 4.78 is 11.1. The van der Waals surface area contributed by atoms with Gasteiger partial charge in [0.2, 0.25) is 0 Å². The van der Waals surface area contributed by atoms with Crippen molar-refractivity contribution in [2.24, 2.45) is 5.73 Å². The van der Waals surface area contributed by atoms with Gasteiger partial charge in [-0.1, -0.05) is 0 Å². The number of rotatable bonds is 10. The smallest absolute Gasteiger partial charge is 0.322 e. The van der Waals surface area contributed by atoms with E-state index in [-0.39, 0.29) is 0 Å². The first-order valence-electron chi connectivity index (χ1n) is 5.49. The van der Waals surface area contributed by atoms with Crippen molar-refractivity contribution in [3.8, 4) is 0 Å². The summed E-state index contributed by atoms with van der Waals surface area (Å²) in [5.74, 6) is 0. The third kappa shape index (κ3) is 8.65. The SMILES string of the molecule is CCO[SiH](CCNCCCN)OCC. The Bertz CT molecular complexity index is 111. The molecule has 0 aliphatic heterocycles. The van der Waals surface area contributed by atoms with Gasteiger partial charge in [-0.2, -0.15) is 0 Å². The Morgan fingerprint density at radius 3 is 2.29 bits per heavy atom. The van der Waals surface area contributed by atoms with Gasteiger partial charge in [0.1, 0.15) is 0 Å². The van der Waals surface area contributed by atoms with Gasteiger partial charge in [-0.25, -0.2) is 0 Å². The van der Waals surface area contributed by atoms with Crippen molar-refractivity contribution in [1.29, 1.82) is 0 Å². The van der Waals surface area contributed by atoms with Crippen LogP contribution in [0.15, 0.2) is 0 Å². The van der Waals surface area contributed by atoms with Crippen molar-refractivity contribution in [3.05, 3.63) is 0 Å². The molecular formula is C9H24N2O2Si. The van der Waals surface area contributed by atoms with Gasteiger partial charge in [0.15, 0.2) is 0 Å². The van der Waals surface area contributed by atoms with E-state index in [4.69, 9.17) is 14.6 Å². The zero-order chi connectivity index (χ0) is 10.6. The lowest BCUT2D eigenvalue weighted by Crippen LogP contribution is -2.29. The minimum absolute atomic E-state index is 0.755. The number of nitrogens with two attached hydrogens (primary N) is 1. The highest BCUT2D eigenvalue weighted by Crippen LogP contribution is 1.96. The minimum atomic E-state index is -1.38. The van der Waals surface area contributed by atoms with Crippen LogP contribution >= 0.6 is 0 Å². The molecule has 0 aliphatic carbocycles. The Labute approximate surface area is 89.0 Å². The molecule has 0 bridgehead atoms. The van der Waals surface area contributed by atoms with Crippen molar-refractivity contribution in [2.75, 3.05) is 32.8 Å². The summed E-state index contributed by atoms with van der Waals surface area (Å²) in [4.78, 5) is 0. The van der Waals surface area contributed by atoms with E-state index in [2.05, 4.69) is 5.32 Å². The van der Waals surface area contributed by atoms with Gasteiger partial charge in [0.25, 0.3) is 0 Å². The van der Waals surface area contributed by atoms with Gasteiger partial charge in [-0.3, -0.25) is 0 Å². The highest BCUT2D eigenvalue weighted by Gasteiger charge is 2.10. The topological polar surface area (TPSA) is 56.5 Å². The van der Waals surface area contributed by atoms with E-state index < -0.39 is 9.28 Å². The van der Waals surface area contributed by atoms with Crippen LogP contribution in [0.2, 0.25) is 6.04 Å². The molecular weight excluding hydrogens is 196 g/mol. The molecule has 0 spiro atoms. The second kappa shape index (κ2) is 11.1. The molecule has 0 amide bonds. The minimum Gasteiger partial charge on any atom is -0.397 e. The number of nitrogens with one attached hydrogen (secondary N) is 1. The maximum absolute atomic E-state index is 5.54. The number of hydrogen-bond donors (Lipinski definition) is 2. The highest BCUT2D eigenvalue weighted by atomic mass is 28.3. The Balaban J connectivity index is 3.30. The molecule has 86 valence electrons.